The molecule has 2 heterocycles. The summed E-state index contributed by atoms with van der Waals surface area (Å²) in [7, 11) is -0.559. The van der Waals surface area contributed by atoms with Crippen LogP contribution in [-0.4, -0.2) is 32.0 Å². The quantitative estimate of drug-likeness (QED) is 0.775. The lowest BCUT2D eigenvalue weighted by molar-refractivity contribution is -0.0472. The summed E-state index contributed by atoms with van der Waals surface area (Å²) >= 11 is 3.58. The number of hydrogen-bond acceptors (Lipinski definition) is 5. The molecule has 0 saturated heterocycles. The van der Waals surface area contributed by atoms with Crippen LogP contribution in [-0.2, 0) is 14.0 Å². The summed E-state index contributed by atoms with van der Waals surface area (Å²) in [4.78, 5) is 11.4. The Labute approximate surface area is 150 Å². The van der Waals surface area contributed by atoms with Gasteiger partial charge in [-0.15, -0.1) is 0 Å². The standard InChI is InChI=1S/C16H21BBrNO5/c1-8-7-21-10-6-5-9(18)11-12(10)17(23-8)24-13(11)14(16(2,3)4)22-15(19)20/h5-6,8,13-14H,7H2,1-4H3,(H2,19,20). The highest BCUT2D eigenvalue weighted by Gasteiger charge is 2.50. The number of carbonyl (C=O) groups excluding carboxylic acids is 1. The lowest BCUT2D eigenvalue weighted by atomic mass is 9.76. The van der Waals surface area contributed by atoms with E-state index in [-0.39, 0.29) is 11.5 Å². The highest BCUT2D eigenvalue weighted by Crippen LogP contribution is 2.43. The predicted molar refractivity (Wildman–Crippen MR) is 93.3 cm³/mol. The largest absolute Gasteiger partial charge is 0.499 e. The molecule has 2 aliphatic rings. The predicted octanol–water partition coefficient (Wildman–Crippen LogP) is 2.52. The second-order valence-electron chi connectivity index (χ2n) is 7.24. The zero-order valence-electron chi connectivity index (χ0n) is 14.2. The molecule has 24 heavy (non-hydrogen) atoms. The van der Waals surface area contributed by atoms with Gasteiger partial charge in [0.05, 0.1) is 6.10 Å². The molecule has 0 bridgehead atoms. The summed E-state index contributed by atoms with van der Waals surface area (Å²) in [6, 6.07) is 3.80. The minimum absolute atomic E-state index is 0.113. The van der Waals surface area contributed by atoms with E-state index in [0.717, 1.165) is 21.2 Å². The topological polar surface area (TPSA) is 80.0 Å². The maximum Gasteiger partial charge on any atom is 0.499 e. The first-order chi connectivity index (χ1) is 11.2. The van der Waals surface area contributed by atoms with Crippen LogP contribution in [0.4, 0.5) is 4.79 Å². The lowest BCUT2D eigenvalue weighted by Crippen LogP contribution is -2.40. The Hall–Kier alpha value is -1.25. The Morgan fingerprint density at radius 3 is 2.75 bits per heavy atom. The van der Waals surface area contributed by atoms with Crippen molar-refractivity contribution in [3.63, 3.8) is 0 Å². The first-order valence-corrected chi connectivity index (χ1v) is 8.70. The highest BCUT2D eigenvalue weighted by atomic mass is 79.9. The number of rotatable bonds is 2. The van der Waals surface area contributed by atoms with E-state index in [1.54, 1.807) is 0 Å². The van der Waals surface area contributed by atoms with Crippen LogP contribution in [0, 0.1) is 5.41 Å². The van der Waals surface area contributed by atoms with E-state index in [1.807, 2.05) is 39.8 Å². The Morgan fingerprint density at radius 1 is 1.42 bits per heavy atom. The van der Waals surface area contributed by atoms with Gasteiger partial charge in [0.25, 0.3) is 0 Å². The van der Waals surface area contributed by atoms with Crippen LogP contribution in [0.2, 0.25) is 0 Å². The highest BCUT2D eigenvalue weighted by molar-refractivity contribution is 9.10. The van der Waals surface area contributed by atoms with E-state index in [1.165, 1.54) is 0 Å². The molecule has 3 rings (SSSR count). The SMILES string of the molecule is CC1COc2ccc(Br)c3c2B(O1)OC3C(OC(N)=O)C(C)(C)C. The van der Waals surface area contributed by atoms with Gasteiger partial charge in [0.1, 0.15) is 24.6 Å². The Bertz CT molecular complexity index is 663. The third kappa shape index (κ3) is 3.14. The molecule has 3 unspecified atom stereocenters. The number of halogens is 1. The molecule has 6 nitrogen and oxygen atoms in total. The summed E-state index contributed by atoms with van der Waals surface area (Å²) in [5.41, 5.74) is 6.64. The van der Waals surface area contributed by atoms with Crippen molar-refractivity contribution in [1.29, 1.82) is 0 Å². The molecular weight excluding hydrogens is 377 g/mol. The molecule has 1 aromatic carbocycles. The molecule has 2 aliphatic heterocycles. The smallest absolute Gasteiger partial charge is 0.491 e. The van der Waals surface area contributed by atoms with Gasteiger partial charge in [0.2, 0.25) is 0 Å². The van der Waals surface area contributed by atoms with Crippen molar-refractivity contribution in [2.75, 3.05) is 6.61 Å². The van der Waals surface area contributed by atoms with Crippen molar-refractivity contribution in [3.8, 4) is 5.75 Å². The third-order valence-electron chi connectivity index (χ3n) is 4.19. The van der Waals surface area contributed by atoms with Crippen molar-refractivity contribution in [1.82, 2.24) is 0 Å². The summed E-state index contributed by atoms with van der Waals surface area (Å²) in [5.74, 6) is 0.733. The van der Waals surface area contributed by atoms with Gasteiger partial charge in [-0.05, 0) is 19.1 Å². The second-order valence-corrected chi connectivity index (χ2v) is 8.10. The number of nitrogens with two attached hydrogens (primary N) is 1. The molecule has 3 atom stereocenters. The van der Waals surface area contributed by atoms with Crippen molar-refractivity contribution < 1.29 is 23.6 Å². The average Bonchev–Trinajstić information content (AvgIpc) is 2.75. The van der Waals surface area contributed by atoms with Gasteiger partial charge < -0.3 is 24.5 Å². The molecule has 0 aromatic heterocycles. The number of ether oxygens (including phenoxy) is 2. The fourth-order valence-electron chi connectivity index (χ4n) is 3.12. The maximum absolute atomic E-state index is 11.4. The van der Waals surface area contributed by atoms with Crippen LogP contribution in [0.5, 0.6) is 5.75 Å². The minimum Gasteiger partial charge on any atom is -0.491 e. The number of primary amides is 1. The molecule has 2 N–H and O–H groups in total. The molecule has 0 spiro atoms. The van der Waals surface area contributed by atoms with Gasteiger partial charge in [-0.2, -0.15) is 0 Å². The van der Waals surface area contributed by atoms with Gasteiger partial charge in [0.15, 0.2) is 0 Å². The van der Waals surface area contributed by atoms with Crippen LogP contribution in [0.25, 0.3) is 0 Å². The number of benzene rings is 1. The minimum atomic E-state index is -0.826. The molecule has 0 fully saturated rings. The van der Waals surface area contributed by atoms with Crippen LogP contribution < -0.4 is 15.9 Å². The Kier molecular flexibility index (Phi) is 4.57. The molecule has 0 radical (unpaired) electrons. The van der Waals surface area contributed by atoms with Crippen LogP contribution >= 0.6 is 15.9 Å². The fourth-order valence-corrected chi connectivity index (χ4v) is 3.69. The number of carbonyl (C=O) groups is 1. The van der Waals surface area contributed by atoms with E-state index in [0.29, 0.717) is 6.61 Å². The normalized spacial score (nSPS) is 24.0. The van der Waals surface area contributed by atoms with Crippen molar-refractivity contribution in [3.05, 3.63) is 22.2 Å². The summed E-state index contributed by atoms with van der Waals surface area (Å²) in [5, 5.41) is 0. The maximum atomic E-state index is 11.4. The molecule has 0 aliphatic carbocycles. The van der Waals surface area contributed by atoms with E-state index >= 15 is 0 Å². The molecule has 8 heteroatoms. The fraction of sp³-hybridized carbons (Fsp3) is 0.562. The first-order valence-electron chi connectivity index (χ1n) is 7.90. The summed E-state index contributed by atoms with van der Waals surface area (Å²) in [6.45, 7) is 8.30. The first kappa shape index (κ1) is 17.6. The summed E-state index contributed by atoms with van der Waals surface area (Å²) in [6.07, 6.45) is -2.00. The van der Waals surface area contributed by atoms with Crippen molar-refractivity contribution in [2.24, 2.45) is 11.1 Å². The molecular formula is C16H21BBrNO5. The van der Waals surface area contributed by atoms with E-state index in [2.05, 4.69) is 15.9 Å². The van der Waals surface area contributed by atoms with Crippen molar-refractivity contribution in [2.45, 2.75) is 46.0 Å². The number of hydrogen-bond donors (Lipinski definition) is 1. The zero-order valence-corrected chi connectivity index (χ0v) is 15.8. The van der Waals surface area contributed by atoms with E-state index in [4.69, 9.17) is 24.5 Å². The average molecular weight is 398 g/mol. The monoisotopic (exact) mass is 397 g/mol. The van der Waals surface area contributed by atoms with E-state index < -0.39 is 25.4 Å². The van der Waals surface area contributed by atoms with Crippen LogP contribution in [0.15, 0.2) is 16.6 Å². The Balaban J connectivity index is 2.09. The van der Waals surface area contributed by atoms with Gasteiger partial charge in [-0.1, -0.05) is 36.7 Å². The molecule has 1 aromatic rings. The van der Waals surface area contributed by atoms with Crippen LogP contribution in [0.1, 0.15) is 39.4 Å². The van der Waals surface area contributed by atoms with Gasteiger partial charge in [-0.25, -0.2) is 4.79 Å². The zero-order chi connectivity index (χ0) is 17.6. The number of amides is 1. The lowest BCUT2D eigenvalue weighted by Gasteiger charge is -2.35. The van der Waals surface area contributed by atoms with Gasteiger partial charge in [0, 0.05) is 20.9 Å². The summed E-state index contributed by atoms with van der Waals surface area (Å²) < 4.78 is 24.2. The molecule has 130 valence electrons. The third-order valence-corrected chi connectivity index (χ3v) is 4.88. The van der Waals surface area contributed by atoms with Crippen molar-refractivity contribution >= 4 is 34.6 Å². The molecule has 0 saturated carbocycles. The van der Waals surface area contributed by atoms with Gasteiger partial charge >= 0.3 is 13.2 Å². The van der Waals surface area contributed by atoms with Gasteiger partial charge in [-0.3, -0.25) is 0 Å². The van der Waals surface area contributed by atoms with Crippen LogP contribution in [0.3, 0.4) is 0 Å². The second kappa shape index (κ2) is 6.24. The Morgan fingerprint density at radius 2 is 2.12 bits per heavy atom. The van der Waals surface area contributed by atoms with E-state index in [9.17, 15) is 4.79 Å². The molecule has 1 amide bonds.